The maximum absolute atomic E-state index is 12.4. The number of hydrogen-bond donors (Lipinski definition) is 2. The van der Waals surface area contributed by atoms with Crippen LogP contribution in [0, 0.1) is 11.3 Å². The Balaban J connectivity index is 2.06. The van der Waals surface area contributed by atoms with Crippen LogP contribution >= 0.6 is 0 Å². The number of hydrogen-bond acceptors (Lipinski definition) is 4. The first-order valence-corrected chi connectivity index (χ1v) is 8.19. The van der Waals surface area contributed by atoms with Crippen molar-refractivity contribution in [3.05, 3.63) is 59.4 Å². The highest BCUT2D eigenvalue weighted by Crippen LogP contribution is 2.15. The van der Waals surface area contributed by atoms with Gasteiger partial charge < -0.3 is 10.6 Å². The van der Waals surface area contributed by atoms with Gasteiger partial charge in [0.25, 0.3) is 11.8 Å². The molecule has 1 aromatic heterocycles. The van der Waals surface area contributed by atoms with Gasteiger partial charge in [0, 0.05) is 18.9 Å². The Hall–Kier alpha value is -3.20. The summed E-state index contributed by atoms with van der Waals surface area (Å²) in [5.41, 5.74) is 1.38. The molecule has 6 heteroatoms. The second kappa shape index (κ2) is 9.18. The van der Waals surface area contributed by atoms with Crippen LogP contribution in [0.4, 0.5) is 5.69 Å². The minimum absolute atomic E-state index is 0.254. The number of amides is 2. The van der Waals surface area contributed by atoms with Gasteiger partial charge in [-0.3, -0.25) is 14.6 Å². The molecular formula is C19H20N4O2. The Bertz CT molecular complexity index is 796. The molecule has 0 fully saturated rings. The Kier molecular flexibility index (Phi) is 6.66. The van der Waals surface area contributed by atoms with Gasteiger partial charge in [-0.25, -0.2) is 0 Å². The minimum atomic E-state index is -0.421. The van der Waals surface area contributed by atoms with Crippen LogP contribution in [0.25, 0.3) is 0 Å². The van der Waals surface area contributed by atoms with Crippen LogP contribution in [0.2, 0.25) is 0 Å². The zero-order chi connectivity index (χ0) is 18.1. The van der Waals surface area contributed by atoms with Crippen molar-refractivity contribution in [2.75, 3.05) is 11.9 Å². The van der Waals surface area contributed by atoms with Gasteiger partial charge in [0.2, 0.25) is 0 Å². The maximum atomic E-state index is 12.4. The second-order valence-electron chi connectivity index (χ2n) is 5.54. The van der Waals surface area contributed by atoms with Crippen molar-refractivity contribution in [3.8, 4) is 6.07 Å². The largest absolute Gasteiger partial charge is 0.352 e. The number of carbonyl (C=O) groups excluding carboxylic acids is 2. The van der Waals surface area contributed by atoms with Gasteiger partial charge >= 0.3 is 0 Å². The molecule has 2 rings (SSSR count). The summed E-state index contributed by atoms with van der Waals surface area (Å²) in [6, 6.07) is 10.2. The third-order valence-electron chi connectivity index (χ3n) is 3.62. The van der Waals surface area contributed by atoms with Gasteiger partial charge in [-0.1, -0.05) is 31.9 Å². The molecule has 0 saturated carbocycles. The SMILES string of the molecule is CCCCCNC(=O)c1cncc(C(=O)Nc2ccccc2C#N)c1. The molecule has 0 aliphatic heterocycles. The number of rotatable bonds is 7. The molecule has 1 heterocycles. The van der Waals surface area contributed by atoms with E-state index in [1.807, 2.05) is 6.07 Å². The van der Waals surface area contributed by atoms with Crippen LogP contribution in [0.15, 0.2) is 42.7 Å². The van der Waals surface area contributed by atoms with E-state index in [9.17, 15) is 9.59 Å². The lowest BCUT2D eigenvalue weighted by Gasteiger charge is -2.08. The number of aromatic nitrogens is 1. The molecule has 0 bridgehead atoms. The van der Waals surface area contributed by atoms with Gasteiger partial charge in [-0.15, -0.1) is 0 Å². The highest BCUT2D eigenvalue weighted by Gasteiger charge is 2.12. The van der Waals surface area contributed by atoms with E-state index >= 15 is 0 Å². The Morgan fingerprint density at radius 2 is 1.84 bits per heavy atom. The molecule has 1 aromatic carbocycles. The first-order chi connectivity index (χ1) is 12.2. The maximum Gasteiger partial charge on any atom is 0.257 e. The molecule has 2 N–H and O–H groups in total. The zero-order valence-corrected chi connectivity index (χ0v) is 14.1. The normalized spacial score (nSPS) is 9.92. The number of unbranched alkanes of at least 4 members (excludes halogenated alkanes) is 2. The average Bonchev–Trinajstić information content (AvgIpc) is 2.65. The fourth-order valence-electron chi connectivity index (χ4n) is 2.25. The summed E-state index contributed by atoms with van der Waals surface area (Å²) in [4.78, 5) is 28.4. The Morgan fingerprint density at radius 3 is 2.56 bits per heavy atom. The fourth-order valence-corrected chi connectivity index (χ4v) is 2.25. The molecule has 0 saturated heterocycles. The van der Waals surface area contributed by atoms with Crippen LogP contribution in [0.5, 0.6) is 0 Å². The topological polar surface area (TPSA) is 94.9 Å². The van der Waals surface area contributed by atoms with E-state index in [2.05, 4.69) is 22.5 Å². The summed E-state index contributed by atoms with van der Waals surface area (Å²) in [5, 5.41) is 14.6. The van der Waals surface area contributed by atoms with Crippen LogP contribution in [0.3, 0.4) is 0 Å². The van der Waals surface area contributed by atoms with Crippen molar-refractivity contribution in [2.24, 2.45) is 0 Å². The molecule has 0 unspecified atom stereocenters. The lowest BCUT2D eigenvalue weighted by Crippen LogP contribution is -2.25. The number of nitrogens with one attached hydrogen (secondary N) is 2. The highest BCUT2D eigenvalue weighted by atomic mass is 16.2. The number of nitrogens with zero attached hydrogens (tertiary/aromatic N) is 2. The third kappa shape index (κ3) is 5.15. The molecule has 0 atom stereocenters. The fraction of sp³-hybridized carbons (Fsp3) is 0.263. The summed E-state index contributed by atoms with van der Waals surface area (Å²) in [5.74, 6) is -0.675. The smallest absolute Gasteiger partial charge is 0.257 e. The molecule has 128 valence electrons. The van der Waals surface area contributed by atoms with Crippen molar-refractivity contribution >= 4 is 17.5 Å². The molecule has 2 amide bonds. The molecule has 0 aliphatic carbocycles. The highest BCUT2D eigenvalue weighted by molar-refractivity contribution is 6.06. The van der Waals surface area contributed by atoms with E-state index in [4.69, 9.17) is 5.26 Å². The number of anilines is 1. The van der Waals surface area contributed by atoms with Crippen LogP contribution in [-0.2, 0) is 0 Å². The first kappa shape index (κ1) is 18.1. The van der Waals surface area contributed by atoms with Crippen molar-refractivity contribution in [1.82, 2.24) is 10.3 Å². The summed E-state index contributed by atoms with van der Waals surface area (Å²) in [6.45, 7) is 2.69. The van der Waals surface area contributed by atoms with E-state index in [0.717, 1.165) is 19.3 Å². The molecule has 25 heavy (non-hydrogen) atoms. The van der Waals surface area contributed by atoms with E-state index in [1.54, 1.807) is 24.3 Å². The molecule has 2 aromatic rings. The number of pyridine rings is 1. The summed E-state index contributed by atoms with van der Waals surface area (Å²) < 4.78 is 0. The Labute approximate surface area is 146 Å². The lowest BCUT2D eigenvalue weighted by molar-refractivity contribution is 0.0952. The quantitative estimate of drug-likeness (QED) is 0.759. The van der Waals surface area contributed by atoms with Gasteiger partial charge in [0.1, 0.15) is 6.07 Å². The number of carbonyl (C=O) groups is 2. The summed E-state index contributed by atoms with van der Waals surface area (Å²) >= 11 is 0. The second-order valence-corrected chi connectivity index (χ2v) is 5.54. The van der Waals surface area contributed by atoms with Crippen LogP contribution in [-0.4, -0.2) is 23.3 Å². The lowest BCUT2D eigenvalue weighted by atomic mass is 10.1. The van der Waals surface area contributed by atoms with E-state index in [0.29, 0.717) is 23.4 Å². The summed E-state index contributed by atoms with van der Waals surface area (Å²) in [6.07, 6.45) is 5.87. The molecule has 0 aliphatic rings. The Morgan fingerprint density at radius 1 is 1.12 bits per heavy atom. The van der Waals surface area contributed by atoms with Gasteiger partial charge in [0.15, 0.2) is 0 Å². The van der Waals surface area contributed by atoms with Gasteiger partial charge in [-0.2, -0.15) is 5.26 Å². The predicted molar refractivity (Wildman–Crippen MR) is 95.2 cm³/mol. The first-order valence-electron chi connectivity index (χ1n) is 8.19. The molecule has 0 radical (unpaired) electrons. The van der Waals surface area contributed by atoms with Crippen LogP contribution in [0.1, 0.15) is 52.5 Å². The summed E-state index contributed by atoms with van der Waals surface area (Å²) in [7, 11) is 0. The minimum Gasteiger partial charge on any atom is -0.352 e. The van der Waals surface area contributed by atoms with Crippen molar-refractivity contribution in [2.45, 2.75) is 26.2 Å². The van der Waals surface area contributed by atoms with Crippen molar-refractivity contribution in [3.63, 3.8) is 0 Å². The third-order valence-corrected chi connectivity index (χ3v) is 3.62. The van der Waals surface area contributed by atoms with Crippen molar-refractivity contribution < 1.29 is 9.59 Å². The van der Waals surface area contributed by atoms with Crippen LogP contribution < -0.4 is 10.6 Å². The van der Waals surface area contributed by atoms with E-state index in [-0.39, 0.29) is 11.5 Å². The monoisotopic (exact) mass is 336 g/mol. The van der Waals surface area contributed by atoms with Gasteiger partial charge in [0.05, 0.1) is 22.4 Å². The molecule has 0 spiro atoms. The number of nitriles is 1. The van der Waals surface area contributed by atoms with E-state index < -0.39 is 5.91 Å². The van der Waals surface area contributed by atoms with E-state index in [1.165, 1.54) is 18.5 Å². The van der Waals surface area contributed by atoms with Crippen molar-refractivity contribution in [1.29, 1.82) is 5.26 Å². The predicted octanol–water partition coefficient (Wildman–Crippen LogP) is 3.13. The number of benzene rings is 1. The van der Waals surface area contributed by atoms with Gasteiger partial charge in [-0.05, 0) is 24.6 Å². The molecular weight excluding hydrogens is 316 g/mol. The zero-order valence-electron chi connectivity index (χ0n) is 14.1. The standard InChI is InChI=1S/C19H20N4O2/c1-2-3-6-9-22-18(24)15-10-16(13-21-12-15)19(25)23-17-8-5-4-7-14(17)11-20/h4-5,7-8,10,12-13H,2-3,6,9H2,1H3,(H,22,24)(H,23,25). The number of para-hydroxylation sites is 1. The average molecular weight is 336 g/mol. The molecule has 6 nitrogen and oxygen atoms in total.